The van der Waals surface area contributed by atoms with Gasteiger partial charge in [0.1, 0.15) is 6.26 Å². The van der Waals surface area contributed by atoms with Crippen molar-refractivity contribution in [2.24, 2.45) is 28.6 Å². The number of imidazole rings is 1. The van der Waals surface area contributed by atoms with E-state index in [4.69, 9.17) is 4.42 Å². The van der Waals surface area contributed by atoms with Gasteiger partial charge in [0.15, 0.2) is 0 Å². The summed E-state index contributed by atoms with van der Waals surface area (Å²) in [6.07, 6.45) is 22.5. The molecule has 3 unspecified atom stereocenters. The summed E-state index contributed by atoms with van der Waals surface area (Å²) < 4.78 is 7.63. The number of allylic oxidation sites excluding steroid dienone is 4. The van der Waals surface area contributed by atoms with Gasteiger partial charge in [-0.2, -0.15) is 12.8 Å². The molecule has 5 atom stereocenters. The maximum Gasteiger partial charge on any atom is 0.306 e. The van der Waals surface area contributed by atoms with Crippen LogP contribution in [0, 0.1) is 35.0 Å². The Bertz CT molecular complexity index is 968. The minimum absolute atomic E-state index is 0. The Morgan fingerprint density at radius 3 is 2.93 bits per heavy atom. The third kappa shape index (κ3) is 2.44. The van der Waals surface area contributed by atoms with Crippen LogP contribution in [0.1, 0.15) is 64.5 Å². The van der Waals surface area contributed by atoms with Crippen LogP contribution in [0.5, 0.6) is 0 Å². The normalized spacial score (nSPS) is 39.4. The predicted molar refractivity (Wildman–Crippen MR) is 107 cm³/mol. The monoisotopic (exact) mass is 450 g/mol. The standard InChI is InChI=1S/C24H29N2O.Y/c1-23-11-4-3-5-16(23)6-7-17-18-8-9-20(24(18,2)12-10-19(17)23)21-15-25-22-26(21)13-14-27-22;/h3,6,9,13-15,17-19H,4-5,7-8,10-12H2,1-2H3;/q-1;/t17?,18?,19?,23-,24-;/m0./s1. The van der Waals surface area contributed by atoms with Crippen LogP contribution < -0.4 is 0 Å². The van der Waals surface area contributed by atoms with E-state index in [1.54, 1.807) is 11.8 Å². The number of fused-ring (bicyclic) bond motifs is 6. The smallest absolute Gasteiger partial charge is 0.306 e. The number of aromatic nitrogens is 2. The number of hydrogen-bond donors (Lipinski definition) is 0. The summed E-state index contributed by atoms with van der Waals surface area (Å²) in [7, 11) is 0. The second-order valence-corrected chi connectivity index (χ2v) is 9.80. The Kier molecular flexibility index (Phi) is 4.60. The van der Waals surface area contributed by atoms with Gasteiger partial charge in [-0.25, -0.2) is 4.98 Å². The van der Waals surface area contributed by atoms with Crippen molar-refractivity contribution in [2.45, 2.75) is 58.8 Å². The van der Waals surface area contributed by atoms with Gasteiger partial charge < -0.3 is 10.8 Å². The number of oxazole rings is 1. The van der Waals surface area contributed by atoms with Crippen LogP contribution in [0.4, 0.5) is 0 Å². The van der Waals surface area contributed by atoms with Crippen molar-refractivity contribution in [2.75, 3.05) is 0 Å². The van der Waals surface area contributed by atoms with Crippen molar-refractivity contribution in [3.05, 3.63) is 48.5 Å². The van der Waals surface area contributed by atoms with Gasteiger partial charge in [0, 0.05) is 38.9 Å². The molecule has 145 valence electrons. The first-order valence-electron chi connectivity index (χ1n) is 10.7. The van der Waals surface area contributed by atoms with Crippen molar-refractivity contribution in [3.8, 4) is 0 Å². The van der Waals surface area contributed by atoms with Gasteiger partial charge in [-0.05, 0) is 59.8 Å². The van der Waals surface area contributed by atoms with Crippen molar-refractivity contribution in [1.29, 1.82) is 0 Å². The van der Waals surface area contributed by atoms with Crippen molar-refractivity contribution >= 4 is 11.4 Å². The zero-order chi connectivity index (χ0) is 18.2. The molecule has 6 rings (SSSR count). The topological polar surface area (TPSA) is 30.4 Å². The van der Waals surface area contributed by atoms with E-state index in [-0.39, 0.29) is 38.1 Å². The molecule has 2 saturated carbocycles. The van der Waals surface area contributed by atoms with Crippen molar-refractivity contribution in [3.63, 3.8) is 0 Å². The average molecular weight is 450 g/mol. The first-order chi connectivity index (χ1) is 13.1. The first kappa shape index (κ1) is 19.3. The Morgan fingerprint density at radius 1 is 1.14 bits per heavy atom. The second-order valence-electron chi connectivity index (χ2n) is 9.80. The Labute approximate surface area is 192 Å². The summed E-state index contributed by atoms with van der Waals surface area (Å²) in [6, 6.07) is 0. The maximum absolute atomic E-state index is 5.50. The molecule has 0 saturated heterocycles. The van der Waals surface area contributed by atoms with Gasteiger partial charge >= 0.3 is 5.84 Å². The first-order valence-corrected chi connectivity index (χ1v) is 10.7. The molecule has 4 aliphatic rings. The maximum atomic E-state index is 5.50. The predicted octanol–water partition coefficient (Wildman–Crippen LogP) is 6.09. The average Bonchev–Trinajstić information content (AvgIpc) is 3.35. The molecule has 1 radical (unpaired) electrons. The largest absolute Gasteiger partial charge is 0.432 e. The van der Waals surface area contributed by atoms with Gasteiger partial charge in [-0.1, -0.05) is 38.0 Å². The zero-order valence-corrected chi connectivity index (χ0v) is 19.9. The summed E-state index contributed by atoms with van der Waals surface area (Å²) in [5, 5.41) is 0. The third-order valence-electron chi connectivity index (χ3n) is 8.86. The SMILES string of the molecule is C[C@]12CC[CH-]CC1=CCC1C2CC[C@]2(C)C(c3cnc4occn34)=CCC12.[Y]. The van der Waals surface area contributed by atoms with Crippen molar-refractivity contribution in [1.82, 2.24) is 9.38 Å². The summed E-state index contributed by atoms with van der Waals surface area (Å²) >= 11 is 0. The fourth-order valence-electron chi connectivity index (χ4n) is 7.37. The summed E-state index contributed by atoms with van der Waals surface area (Å²) in [6.45, 7) is 5.11. The molecule has 4 heteroatoms. The van der Waals surface area contributed by atoms with Gasteiger partial charge in [0.25, 0.3) is 0 Å². The van der Waals surface area contributed by atoms with Crippen LogP contribution in [0.25, 0.3) is 11.4 Å². The van der Waals surface area contributed by atoms with E-state index in [9.17, 15) is 0 Å². The molecule has 0 N–H and O–H groups in total. The number of nitrogens with zero attached hydrogens (tertiary/aromatic N) is 2. The molecule has 2 aromatic heterocycles. The van der Waals surface area contributed by atoms with E-state index in [0.717, 1.165) is 17.8 Å². The molecule has 2 heterocycles. The minimum atomic E-state index is 0. The molecule has 4 aliphatic carbocycles. The number of rotatable bonds is 1. The fourth-order valence-corrected chi connectivity index (χ4v) is 7.37. The molecule has 0 spiro atoms. The van der Waals surface area contributed by atoms with Gasteiger partial charge in [-0.15, -0.1) is 0 Å². The Balaban J connectivity index is 0.00000171. The Morgan fingerprint density at radius 2 is 2.04 bits per heavy atom. The van der Waals surface area contributed by atoms with Gasteiger partial charge in [0.2, 0.25) is 0 Å². The minimum Gasteiger partial charge on any atom is -0.432 e. The molecule has 0 aliphatic heterocycles. The van der Waals surface area contributed by atoms with E-state index in [0.29, 0.717) is 11.3 Å². The zero-order valence-electron chi connectivity index (χ0n) is 17.0. The van der Waals surface area contributed by atoms with E-state index in [1.807, 2.05) is 12.4 Å². The van der Waals surface area contributed by atoms with Crippen LogP contribution >= 0.6 is 0 Å². The number of hydrogen-bond acceptors (Lipinski definition) is 2. The van der Waals surface area contributed by atoms with Crippen LogP contribution in [0.2, 0.25) is 0 Å². The summed E-state index contributed by atoms with van der Waals surface area (Å²) in [5.41, 5.74) is 5.23. The van der Waals surface area contributed by atoms with Crippen LogP contribution in [0.15, 0.2) is 40.8 Å². The second kappa shape index (κ2) is 6.67. The van der Waals surface area contributed by atoms with E-state index >= 15 is 0 Å². The van der Waals surface area contributed by atoms with Gasteiger partial charge in [-0.3, -0.25) is 4.40 Å². The molecule has 0 bridgehead atoms. The molecule has 28 heavy (non-hydrogen) atoms. The van der Waals surface area contributed by atoms with Gasteiger partial charge in [0.05, 0.1) is 11.9 Å². The summed E-state index contributed by atoms with van der Waals surface area (Å²) in [4.78, 5) is 4.48. The third-order valence-corrected chi connectivity index (χ3v) is 8.86. The molecule has 0 aromatic carbocycles. The van der Waals surface area contributed by atoms with Crippen LogP contribution in [-0.4, -0.2) is 9.38 Å². The molecular weight excluding hydrogens is 421 g/mol. The molecular formula is C24H29N2OY-. The fraction of sp³-hybridized carbons (Fsp3) is 0.583. The quantitative estimate of drug-likeness (QED) is 0.389. The van der Waals surface area contributed by atoms with E-state index in [1.165, 1.54) is 56.2 Å². The van der Waals surface area contributed by atoms with Crippen LogP contribution in [-0.2, 0) is 32.7 Å². The molecule has 2 fully saturated rings. The molecule has 0 amide bonds. The van der Waals surface area contributed by atoms with Crippen molar-refractivity contribution < 1.29 is 37.1 Å². The summed E-state index contributed by atoms with van der Waals surface area (Å²) in [5.74, 6) is 3.18. The Hall–Kier alpha value is -0.666. The van der Waals surface area contributed by atoms with E-state index in [2.05, 4.69) is 41.8 Å². The molecule has 3 nitrogen and oxygen atoms in total. The van der Waals surface area contributed by atoms with Crippen LogP contribution in [0.3, 0.4) is 0 Å². The molecule has 2 aromatic rings. The van der Waals surface area contributed by atoms with E-state index < -0.39 is 0 Å².